The van der Waals surface area contributed by atoms with Crippen LogP contribution in [0.3, 0.4) is 0 Å². The fourth-order valence-corrected chi connectivity index (χ4v) is 3.65. The molecule has 0 aliphatic heterocycles. The van der Waals surface area contributed by atoms with E-state index < -0.39 is 0 Å². The van der Waals surface area contributed by atoms with E-state index in [4.69, 9.17) is 5.73 Å². The fraction of sp³-hybridized carbons (Fsp3) is 0.238. The molecule has 2 heterocycles. The maximum Gasteiger partial charge on any atom is 0.328 e. The molecule has 6 heteroatoms. The summed E-state index contributed by atoms with van der Waals surface area (Å²) >= 11 is 0. The minimum atomic E-state index is -0.0310. The topological polar surface area (TPSA) is 70.8 Å². The van der Waals surface area contributed by atoms with Crippen LogP contribution in [0.2, 0.25) is 0 Å². The Hall–Kier alpha value is -3.12. The van der Waals surface area contributed by atoms with E-state index in [1.54, 1.807) is 23.2 Å². The van der Waals surface area contributed by atoms with Crippen LogP contribution in [0.15, 0.2) is 53.6 Å². The van der Waals surface area contributed by atoms with Crippen molar-refractivity contribution in [1.82, 2.24) is 18.7 Å². The zero-order chi connectivity index (χ0) is 19.1. The van der Waals surface area contributed by atoms with Gasteiger partial charge in [-0.2, -0.15) is 0 Å². The predicted octanol–water partition coefficient (Wildman–Crippen LogP) is 2.67. The van der Waals surface area contributed by atoms with Crippen LogP contribution >= 0.6 is 0 Å². The first-order valence-corrected chi connectivity index (χ1v) is 8.99. The third kappa shape index (κ3) is 2.78. The molecule has 4 rings (SSSR count). The van der Waals surface area contributed by atoms with Crippen molar-refractivity contribution < 1.29 is 0 Å². The minimum absolute atomic E-state index is 0.0310. The molecule has 0 amide bonds. The van der Waals surface area contributed by atoms with Gasteiger partial charge in [0.2, 0.25) is 0 Å². The lowest BCUT2D eigenvalue weighted by Gasteiger charge is -2.11. The highest BCUT2D eigenvalue weighted by molar-refractivity contribution is 5.86. The number of fused-ring (bicyclic) bond motifs is 1. The van der Waals surface area contributed by atoms with Crippen LogP contribution < -0.4 is 11.4 Å². The van der Waals surface area contributed by atoms with E-state index in [2.05, 4.69) is 40.7 Å². The Kier molecular flexibility index (Phi) is 4.20. The standard InChI is InChI=1S/C21H23N5O/c1-14-5-4-6-15(11-14)19-20(26(10-9-22)13-23-19)16-7-8-17-18(12-16)25(3)21(27)24(17)2/h4-8,11-13H,9-10,22H2,1-3H3. The van der Waals surface area contributed by atoms with Crippen molar-refractivity contribution in [2.24, 2.45) is 19.8 Å². The van der Waals surface area contributed by atoms with Crippen LogP contribution in [0, 0.1) is 6.92 Å². The number of aromatic nitrogens is 4. The highest BCUT2D eigenvalue weighted by atomic mass is 16.1. The number of rotatable bonds is 4. The Morgan fingerprint density at radius 1 is 1.00 bits per heavy atom. The van der Waals surface area contributed by atoms with Gasteiger partial charge in [-0.1, -0.05) is 29.8 Å². The second kappa shape index (κ2) is 6.55. The second-order valence-electron chi connectivity index (χ2n) is 6.90. The third-order valence-electron chi connectivity index (χ3n) is 5.04. The van der Waals surface area contributed by atoms with Crippen LogP contribution in [0.5, 0.6) is 0 Å². The Morgan fingerprint density at radius 2 is 1.78 bits per heavy atom. The molecular formula is C21H23N5O. The summed E-state index contributed by atoms with van der Waals surface area (Å²) in [5, 5.41) is 0. The highest BCUT2D eigenvalue weighted by Crippen LogP contribution is 2.33. The molecule has 0 atom stereocenters. The Morgan fingerprint density at radius 3 is 2.52 bits per heavy atom. The minimum Gasteiger partial charge on any atom is -0.329 e. The third-order valence-corrected chi connectivity index (χ3v) is 5.04. The maximum absolute atomic E-state index is 12.3. The van der Waals surface area contributed by atoms with Crippen LogP contribution in [0.1, 0.15) is 5.56 Å². The Balaban J connectivity index is 1.97. The van der Waals surface area contributed by atoms with Gasteiger partial charge in [-0.15, -0.1) is 0 Å². The Bertz CT molecular complexity index is 1200. The molecule has 0 saturated carbocycles. The summed E-state index contributed by atoms with van der Waals surface area (Å²) in [5.74, 6) is 0. The zero-order valence-corrected chi connectivity index (χ0v) is 15.8. The first-order chi connectivity index (χ1) is 13.0. The van der Waals surface area contributed by atoms with Gasteiger partial charge >= 0.3 is 5.69 Å². The van der Waals surface area contributed by atoms with Crippen molar-refractivity contribution in [1.29, 1.82) is 0 Å². The van der Waals surface area contributed by atoms with Crippen molar-refractivity contribution in [3.05, 3.63) is 64.8 Å². The second-order valence-corrected chi connectivity index (χ2v) is 6.90. The van der Waals surface area contributed by atoms with E-state index in [1.165, 1.54) is 5.56 Å². The molecule has 0 radical (unpaired) electrons. The number of imidazole rings is 2. The lowest BCUT2D eigenvalue weighted by Crippen LogP contribution is -2.19. The van der Waals surface area contributed by atoms with Crippen molar-refractivity contribution in [2.75, 3.05) is 6.54 Å². The van der Waals surface area contributed by atoms with E-state index in [0.29, 0.717) is 13.1 Å². The number of aryl methyl sites for hydroxylation is 3. The molecule has 2 N–H and O–H groups in total. The van der Waals surface area contributed by atoms with Crippen molar-refractivity contribution in [2.45, 2.75) is 13.5 Å². The summed E-state index contributed by atoms with van der Waals surface area (Å²) in [7, 11) is 3.59. The van der Waals surface area contributed by atoms with Crippen LogP contribution in [-0.4, -0.2) is 25.2 Å². The van der Waals surface area contributed by atoms with Crippen molar-refractivity contribution in [3.8, 4) is 22.5 Å². The monoisotopic (exact) mass is 361 g/mol. The smallest absolute Gasteiger partial charge is 0.328 e. The van der Waals surface area contributed by atoms with Gasteiger partial charge in [0.1, 0.15) is 0 Å². The summed E-state index contributed by atoms with van der Waals surface area (Å²) in [4.78, 5) is 17.0. The molecule has 2 aromatic carbocycles. The van der Waals surface area contributed by atoms with Gasteiger partial charge in [0, 0.05) is 38.3 Å². The first kappa shape index (κ1) is 17.3. The predicted molar refractivity (Wildman–Crippen MR) is 109 cm³/mol. The molecule has 2 aromatic heterocycles. The molecule has 0 aliphatic rings. The van der Waals surface area contributed by atoms with Gasteiger partial charge in [0.25, 0.3) is 0 Å². The highest BCUT2D eigenvalue weighted by Gasteiger charge is 2.17. The number of benzene rings is 2. The Labute approximate surface area is 157 Å². The van der Waals surface area contributed by atoms with E-state index in [0.717, 1.165) is 33.5 Å². The lowest BCUT2D eigenvalue weighted by molar-refractivity contribution is 0.714. The molecule has 0 unspecified atom stereocenters. The fourth-order valence-electron chi connectivity index (χ4n) is 3.65. The van der Waals surface area contributed by atoms with Crippen molar-refractivity contribution >= 4 is 11.0 Å². The number of hydrogen-bond donors (Lipinski definition) is 1. The molecule has 27 heavy (non-hydrogen) atoms. The summed E-state index contributed by atoms with van der Waals surface area (Å²) in [6.45, 7) is 3.29. The van der Waals surface area contributed by atoms with Gasteiger partial charge in [0.15, 0.2) is 0 Å². The molecule has 0 spiro atoms. The number of nitrogens with zero attached hydrogens (tertiary/aromatic N) is 4. The quantitative estimate of drug-likeness (QED) is 0.607. The van der Waals surface area contributed by atoms with Gasteiger partial charge in [-0.05, 0) is 25.1 Å². The van der Waals surface area contributed by atoms with Gasteiger partial charge in [-0.3, -0.25) is 9.13 Å². The molecule has 4 aromatic rings. The molecule has 0 aliphatic carbocycles. The molecular weight excluding hydrogens is 338 g/mol. The summed E-state index contributed by atoms with van der Waals surface area (Å²) < 4.78 is 5.42. The molecule has 0 bridgehead atoms. The van der Waals surface area contributed by atoms with Crippen LogP contribution in [-0.2, 0) is 20.6 Å². The number of hydrogen-bond acceptors (Lipinski definition) is 3. The lowest BCUT2D eigenvalue weighted by atomic mass is 10.0. The largest absolute Gasteiger partial charge is 0.329 e. The van der Waals surface area contributed by atoms with Gasteiger partial charge in [0.05, 0.1) is 28.7 Å². The average molecular weight is 361 g/mol. The molecule has 0 fully saturated rings. The van der Waals surface area contributed by atoms with Gasteiger partial charge < -0.3 is 10.3 Å². The van der Waals surface area contributed by atoms with Crippen molar-refractivity contribution in [3.63, 3.8) is 0 Å². The summed E-state index contributed by atoms with van der Waals surface area (Å²) in [6, 6.07) is 14.4. The van der Waals surface area contributed by atoms with E-state index >= 15 is 0 Å². The molecule has 6 nitrogen and oxygen atoms in total. The van der Waals surface area contributed by atoms with E-state index in [1.807, 2.05) is 24.5 Å². The molecule has 0 saturated heterocycles. The summed E-state index contributed by atoms with van der Waals surface area (Å²) in [6.07, 6.45) is 1.84. The average Bonchev–Trinajstić information content (AvgIpc) is 3.17. The summed E-state index contributed by atoms with van der Waals surface area (Å²) in [5.41, 5.74) is 12.8. The molecule has 138 valence electrons. The first-order valence-electron chi connectivity index (χ1n) is 8.99. The number of nitrogens with two attached hydrogens (primary N) is 1. The maximum atomic E-state index is 12.3. The van der Waals surface area contributed by atoms with Gasteiger partial charge in [-0.25, -0.2) is 9.78 Å². The van der Waals surface area contributed by atoms with E-state index in [9.17, 15) is 4.79 Å². The van der Waals surface area contributed by atoms with Crippen LogP contribution in [0.25, 0.3) is 33.5 Å². The normalized spacial score (nSPS) is 11.4. The zero-order valence-electron chi connectivity index (χ0n) is 15.8. The van der Waals surface area contributed by atoms with Crippen LogP contribution in [0.4, 0.5) is 0 Å². The van der Waals surface area contributed by atoms with E-state index in [-0.39, 0.29) is 5.69 Å². The SMILES string of the molecule is Cc1cccc(-c2ncn(CCN)c2-c2ccc3c(c2)n(C)c(=O)n3C)c1.